The number of benzene rings is 2. The number of hydrazone groups is 1. The fourth-order valence-corrected chi connectivity index (χ4v) is 2.28. The van der Waals surface area contributed by atoms with Gasteiger partial charge in [0.1, 0.15) is 0 Å². The molecular weight excluding hydrogens is 276 g/mol. The summed E-state index contributed by atoms with van der Waals surface area (Å²) < 4.78 is 0. The number of amides is 1. The second kappa shape index (κ2) is 5.89. The van der Waals surface area contributed by atoms with Gasteiger partial charge in [-0.2, -0.15) is 20.3 Å². The molecule has 0 aromatic heterocycles. The number of carbonyl (C=O) groups excluding carboxylic acids is 1. The van der Waals surface area contributed by atoms with Crippen LogP contribution in [-0.2, 0) is 4.79 Å². The van der Waals surface area contributed by atoms with Crippen LogP contribution in [0.15, 0.2) is 69.9 Å². The summed E-state index contributed by atoms with van der Waals surface area (Å²) in [5.41, 5.74) is 3.14. The smallest absolute Gasteiger partial charge is 0.269 e. The van der Waals surface area contributed by atoms with E-state index in [-0.39, 0.29) is 5.91 Å². The van der Waals surface area contributed by atoms with E-state index in [4.69, 9.17) is 0 Å². The zero-order valence-corrected chi connectivity index (χ0v) is 12.5. The molecule has 1 unspecified atom stereocenters. The Morgan fingerprint density at radius 1 is 1.00 bits per heavy atom. The Morgan fingerprint density at radius 3 is 2.41 bits per heavy atom. The van der Waals surface area contributed by atoms with Crippen molar-refractivity contribution >= 4 is 23.0 Å². The first-order chi connectivity index (χ1) is 10.7. The van der Waals surface area contributed by atoms with E-state index in [0.29, 0.717) is 5.71 Å². The summed E-state index contributed by atoms with van der Waals surface area (Å²) in [6.07, 6.45) is 0. The number of hydrogen-bond donors (Lipinski definition) is 0. The van der Waals surface area contributed by atoms with Crippen LogP contribution in [-0.4, -0.2) is 17.7 Å². The van der Waals surface area contributed by atoms with Gasteiger partial charge in [-0.15, -0.1) is 0 Å². The van der Waals surface area contributed by atoms with Crippen LogP contribution in [0.3, 0.4) is 0 Å². The van der Waals surface area contributed by atoms with E-state index < -0.39 is 6.04 Å². The van der Waals surface area contributed by atoms with Gasteiger partial charge in [0, 0.05) is 0 Å². The van der Waals surface area contributed by atoms with Gasteiger partial charge in [0.2, 0.25) is 0 Å². The molecule has 0 bridgehead atoms. The molecule has 2 aromatic rings. The molecule has 5 heteroatoms. The van der Waals surface area contributed by atoms with Crippen molar-refractivity contribution in [2.75, 3.05) is 5.01 Å². The number of hydrogen-bond acceptors (Lipinski definition) is 4. The normalized spacial score (nSPS) is 18.1. The fourth-order valence-electron chi connectivity index (χ4n) is 2.28. The quantitative estimate of drug-likeness (QED) is 0.792. The average molecular weight is 292 g/mol. The monoisotopic (exact) mass is 292 g/mol. The van der Waals surface area contributed by atoms with Crippen molar-refractivity contribution in [1.29, 1.82) is 0 Å². The summed E-state index contributed by atoms with van der Waals surface area (Å²) in [7, 11) is 0. The van der Waals surface area contributed by atoms with Crippen molar-refractivity contribution in [2.24, 2.45) is 15.3 Å². The Hall–Kier alpha value is -2.82. The summed E-state index contributed by atoms with van der Waals surface area (Å²) in [4.78, 5) is 12.5. The van der Waals surface area contributed by atoms with E-state index >= 15 is 0 Å². The highest BCUT2D eigenvalue weighted by molar-refractivity contribution is 6.18. The molecule has 1 amide bonds. The van der Waals surface area contributed by atoms with Gasteiger partial charge in [0.05, 0.1) is 17.1 Å². The molecule has 0 N–H and O–H groups in total. The maximum atomic E-state index is 12.5. The fraction of sp³-hybridized carbons (Fsp3) is 0.176. The van der Waals surface area contributed by atoms with E-state index in [1.165, 1.54) is 5.01 Å². The maximum absolute atomic E-state index is 12.5. The van der Waals surface area contributed by atoms with Crippen molar-refractivity contribution < 1.29 is 4.79 Å². The SMILES string of the molecule is CC1=NN(c2ccccc2C)C(=O)C1N=Nc1ccccc1. The molecule has 0 aliphatic carbocycles. The number of carbonyl (C=O) groups is 1. The molecule has 1 aliphatic rings. The number of anilines is 1. The third-order valence-electron chi connectivity index (χ3n) is 3.48. The van der Waals surface area contributed by atoms with E-state index in [1.54, 1.807) is 6.92 Å². The lowest BCUT2D eigenvalue weighted by atomic mass is 10.1. The lowest BCUT2D eigenvalue weighted by molar-refractivity contribution is -0.117. The van der Waals surface area contributed by atoms with Gasteiger partial charge in [-0.3, -0.25) is 4.79 Å². The molecule has 0 saturated carbocycles. The van der Waals surface area contributed by atoms with Crippen LogP contribution in [0.2, 0.25) is 0 Å². The highest BCUT2D eigenvalue weighted by Gasteiger charge is 2.35. The van der Waals surface area contributed by atoms with Gasteiger partial charge < -0.3 is 0 Å². The summed E-state index contributed by atoms with van der Waals surface area (Å²) >= 11 is 0. The van der Waals surface area contributed by atoms with Gasteiger partial charge >= 0.3 is 0 Å². The van der Waals surface area contributed by atoms with Crippen LogP contribution in [0, 0.1) is 6.92 Å². The van der Waals surface area contributed by atoms with Crippen molar-refractivity contribution in [3.05, 3.63) is 60.2 Å². The second-order valence-electron chi connectivity index (χ2n) is 5.13. The Balaban J connectivity index is 1.85. The minimum Gasteiger partial charge on any atom is -0.269 e. The van der Waals surface area contributed by atoms with Crippen LogP contribution in [0.1, 0.15) is 12.5 Å². The van der Waals surface area contributed by atoms with Gasteiger partial charge in [-0.05, 0) is 37.6 Å². The number of para-hydroxylation sites is 1. The molecule has 0 saturated heterocycles. The number of nitrogens with zero attached hydrogens (tertiary/aromatic N) is 4. The topological polar surface area (TPSA) is 57.4 Å². The van der Waals surface area contributed by atoms with E-state index in [9.17, 15) is 4.79 Å². The zero-order chi connectivity index (χ0) is 15.5. The van der Waals surface area contributed by atoms with E-state index in [2.05, 4.69) is 15.3 Å². The molecule has 5 nitrogen and oxygen atoms in total. The first kappa shape index (κ1) is 14.1. The summed E-state index contributed by atoms with van der Waals surface area (Å²) in [6, 6.07) is 16.3. The molecule has 22 heavy (non-hydrogen) atoms. The molecule has 2 aromatic carbocycles. The highest BCUT2D eigenvalue weighted by Crippen LogP contribution is 2.26. The Labute approximate surface area is 129 Å². The highest BCUT2D eigenvalue weighted by atomic mass is 16.2. The summed E-state index contributed by atoms with van der Waals surface area (Å²) in [6.45, 7) is 3.75. The average Bonchev–Trinajstić information content (AvgIpc) is 2.81. The third-order valence-corrected chi connectivity index (χ3v) is 3.48. The van der Waals surface area contributed by atoms with E-state index in [0.717, 1.165) is 16.9 Å². The van der Waals surface area contributed by atoms with Crippen LogP contribution in [0.4, 0.5) is 11.4 Å². The predicted octanol–water partition coefficient (Wildman–Crippen LogP) is 3.87. The van der Waals surface area contributed by atoms with Gasteiger partial charge in [-0.25, -0.2) is 0 Å². The Morgan fingerprint density at radius 2 is 1.68 bits per heavy atom. The summed E-state index contributed by atoms with van der Waals surface area (Å²) in [5, 5.41) is 14.1. The predicted molar refractivity (Wildman–Crippen MR) is 86.5 cm³/mol. The molecule has 3 rings (SSSR count). The number of rotatable bonds is 3. The first-order valence-corrected chi connectivity index (χ1v) is 7.07. The Kier molecular flexibility index (Phi) is 3.78. The largest absolute Gasteiger partial charge is 0.280 e. The standard InChI is InChI=1S/C17H16N4O/c1-12-8-6-7-11-15(12)21-17(22)16(13(2)20-21)19-18-14-9-4-3-5-10-14/h3-11,16H,1-2H3. The third kappa shape index (κ3) is 2.65. The zero-order valence-electron chi connectivity index (χ0n) is 12.5. The molecule has 1 aliphatic heterocycles. The van der Waals surface area contributed by atoms with Crippen LogP contribution >= 0.6 is 0 Å². The molecule has 0 fully saturated rings. The van der Waals surface area contributed by atoms with E-state index in [1.807, 2.05) is 61.5 Å². The first-order valence-electron chi connectivity index (χ1n) is 7.07. The Bertz CT molecular complexity index is 752. The lowest BCUT2D eigenvalue weighted by Crippen LogP contribution is -2.30. The molecule has 0 spiro atoms. The van der Waals surface area contributed by atoms with Crippen molar-refractivity contribution in [1.82, 2.24) is 0 Å². The van der Waals surface area contributed by atoms with Crippen LogP contribution in [0.25, 0.3) is 0 Å². The minimum absolute atomic E-state index is 0.175. The molecule has 1 heterocycles. The maximum Gasteiger partial charge on any atom is 0.280 e. The van der Waals surface area contributed by atoms with Crippen LogP contribution in [0.5, 0.6) is 0 Å². The van der Waals surface area contributed by atoms with Gasteiger partial charge in [0.25, 0.3) is 5.91 Å². The molecule has 0 radical (unpaired) electrons. The molecular formula is C17H16N4O. The number of aryl methyl sites for hydroxylation is 1. The van der Waals surface area contributed by atoms with Crippen molar-refractivity contribution in [2.45, 2.75) is 19.9 Å². The van der Waals surface area contributed by atoms with Crippen molar-refractivity contribution in [3.8, 4) is 0 Å². The van der Waals surface area contributed by atoms with Gasteiger partial charge in [-0.1, -0.05) is 36.4 Å². The lowest BCUT2D eigenvalue weighted by Gasteiger charge is -2.14. The number of azo groups is 1. The van der Waals surface area contributed by atoms with Crippen LogP contribution < -0.4 is 5.01 Å². The van der Waals surface area contributed by atoms with Gasteiger partial charge in [0.15, 0.2) is 6.04 Å². The molecule has 1 atom stereocenters. The van der Waals surface area contributed by atoms with Crippen molar-refractivity contribution in [3.63, 3.8) is 0 Å². The summed E-state index contributed by atoms with van der Waals surface area (Å²) in [5.74, 6) is -0.175. The second-order valence-corrected chi connectivity index (χ2v) is 5.13. The minimum atomic E-state index is -0.653. The molecule has 110 valence electrons.